The molecule has 4 N–H and O–H groups in total. The van der Waals surface area contributed by atoms with Gasteiger partial charge >= 0.3 is 0 Å². The van der Waals surface area contributed by atoms with Crippen molar-refractivity contribution in [3.05, 3.63) is 48.0 Å². The van der Waals surface area contributed by atoms with Crippen molar-refractivity contribution in [3.8, 4) is 0 Å². The summed E-state index contributed by atoms with van der Waals surface area (Å²) in [5, 5.41) is 5.86. The number of nitrogens with one attached hydrogen (secondary N) is 2. The van der Waals surface area contributed by atoms with Crippen LogP contribution >= 0.6 is 0 Å². The van der Waals surface area contributed by atoms with Gasteiger partial charge in [-0.3, -0.25) is 5.84 Å². The van der Waals surface area contributed by atoms with Crippen LogP contribution in [-0.4, -0.2) is 13.2 Å². The molecular weight excluding hydrogens is 222 g/mol. The molecule has 0 aliphatic rings. The quantitative estimate of drug-likeness (QED) is 0.326. The lowest BCUT2D eigenvalue weighted by Crippen LogP contribution is -2.40. The third kappa shape index (κ3) is 2.88. The first-order chi connectivity index (χ1) is 8.63. The highest BCUT2D eigenvalue weighted by atomic mass is 15.3. The van der Waals surface area contributed by atoms with E-state index in [4.69, 9.17) is 5.84 Å². The molecule has 2 rings (SSSR count). The van der Waals surface area contributed by atoms with Gasteiger partial charge in [-0.2, -0.15) is 0 Å². The minimum Gasteiger partial charge on any atom is -0.303 e. The van der Waals surface area contributed by atoms with Crippen molar-refractivity contribution in [1.82, 2.24) is 10.7 Å². The Balaban J connectivity index is 2.23. The Morgan fingerprint density at radius 1 is 1.06 bits per heavy atom. The maximum absolute atomic E-state index is 5.26. The molecule has 0 spiro atoms. The highest BCUT2D eigenvalue weighted by Crippen LogP contribution is 2.26. The lowest BCUT2D eigenvalue weighted by molar-refractivity contribution is 0.455. The summed E-state index contributed by atoms with van der Waals surface area (Å²) in [5.41, 5.74) is 4.03. The molecule has 18 heavy (non-hydrogen) atoms. The summed E-state index contributed by atoms with van der Waals surface area (Å²) >= 11 is 0. The molecule has 0 aromatic heterocycles. The highest BCUT2D eigenvalue weighted by molar-refractivity contribution is 5.83. The first kappa shape index (κ1) is 13.0. The normalized spacial score (nSPS) is 11.9. The second-order valence-corrected chi connectivity index (χ2v) is 5.25. The average Bonchev–Trinajstić information content (AvgIpc) is 2.38. The topological polar surface area (TPSA) is 50.1 Å². The van der Waals surface area contributed by atoms with Gasteiger partial charge in [-0.1, -0.05) is 56.3 Å². The molecule has 0 atom stereocenters. The second-order valence-electron chi connectivity index (χ2n) is 5.25. The van der Waals surface area contributed by atoms with Gasteiger partial charge in [0.1, 0.15) is 0 Å². The first-order valence-corrected chi connectivity index (χ1v) is 6.27. The van der Waals surface area contributed by atoms with Crippen molar-refractivity contribution in [2.75, 3.05) is 13.2 Å². The molecule has 0 bridgehead atoms. The SMILES string of the molecule is CC(C)(CNCNN)c1ccc2ccccc2c1. The van der Waals surface area contributed by atoms with Crippen LogP contribution in [0.5, 0.6) is 0 Å². The Kier molecular flexibility index (Phi) is 3.97. The van der Waals surface area contributed by atoms with Crippen LogP contribution < -0.4 is 16.6 Å². The molecule has 0 radical (unpaired) electrons. The van der Waals surface area contributed by atoms with E-state index >= 15 is 0 Å². The molecule has 0 aliphatic heterocycles. The summed E-state index contributed by atoms with van der Waals surface area (Å²) in [6.07, 6.45) is 0. The molecule has 2 aromatic carbocycles. The van der Waals surface area contributed by atoms with Crippen molar-refractivity contribution in [2.45, 2.75) is 19.3 Å². The van der Waals surface area contributed by atoms with Crippen molar-refractivity contribution in [1.29, 1.82) is 0 Å². The van der Waals surface area contributed by atoms with Crippen molar-refractivity contribution < 1.29 is 0 Å². The lowest BCUT2D eigenvalue weighted by atomic mass is 9.83. The summed E-state index contributed by atoms with van der Waals surface area (Å²) in [6, 6.07) is 15.1. The van der Waals surface area contributed by atoms with E-state index in [1.165, 1.54) is 16.3 Å². The van der Waals surface area contributed by atoms with E-state index < -0.39 is 0 Å². The Hall–Kier alpha value is -1.42. The van der Waals surface area contributed by atoms with Gasteiger partial charge in [-0.25, -0.2) is 5.43 Å². The number of hydrogen-bond acceptors (Lipinski definition) is 3. The van der Waals surface area contributed by atoms with E-state index in [-0.39, 0.29) is 5.41 Å². The molecular formula is C15H21N3. The minimum absolute atomic E-state index is 0.0842. The summed E-state index contributed by atoms with van der Waals surface area (Å²) in [5.74, 6) is 5.26. The van der Waals surface area contributed by atoms with Gasteiger partial charge < -0.3 is 5.32 Å². The van der Waals surface area contributed by atoms with Gasteiger partial charge in [-0.05, 0) is 16.3 Å². The monoisotopic (exact) mass is 243 g/mol. The summed E-state index contributed by atoms with van der Waals surface area (Å²) < 4.78 is 0. The van der Waals surface area contributed by atoms with Gasteiger partial charge in [-0.15, -0.1) is 0 Å². The van der Waals surface area contributed by atoms with E-state index in [9.17, 15) is 0 Å². The van der Waals surface area contributed by atoms with Gasteiger partial charge in [0.15, 0.2) is 0 Å². The van der Waals surface area contributed by atoms with Crippen LogP contribution in [0, 0.1) is 0 Å². The standard InChI is InChI=1S/C15H21N3/c1-15(2,10-17-11-18-16)14-8-7-12-5-3-4-6-13(12)9-14/h3-9,17-18H,10-11,16H2,1-2H3. The number of benzene rings is 2. The second kappa shape index (κ2) is 5.48. The third-order valence-electron chi connectivity index (χ3n) is 3.32. The van der Waals surface area contributed by atoms with Crippen molar-refractivity contribution >= 4 is 10.8 Å². The number of hydrogen-bond donors (Lipinski definition) is 3. The van der Waals surface area contributed by atoms with Crippen LogP contribution in [0.4, 0.5) is 0 Å². The summed E-state index contributed by atoms with van der Waals surface area (Å²) in [7, 11) is 0. The maximum atomic E-state index is 5.26. The zero-order valence-corrected chi connectivity index (χ0v) is 11.0. The number of hydrazine groups is 1. The molecule has 2 aromatic rings. The van der Waals surface area contributed by atoms with E-state index in [0.29, 0.717) is 6.67 Å². The van der Waals surface area contributed by atoms with E-state index in [2.05, 4.69) is 67.1 Å². The van der Waals surface area contributed by atoms with Crippen LogP contribution in [-0.2, 0) is 5.41 Å². The maximum Gasteiger partial charge on any atom is 0.0587 e. The molecule has 0 saturated carbocycles. The van der Waals surface area contributed by atoms with Gasteiger partial charge in [0.25, 0.3) is 0 Å². The Morgan fingerprint density at radius 3 is 2.50 bits per heavy atom. The fourth-order valence-corrected chi connectivity index (χ4v) is 2.16. The third-order valence-corrected chi connectivity index (χ3v) is 3.32. The average molecular weight is 243 g/mol. The van der Waals surface area contributed by atoms with Crippen LogP contribution in [0.25, 0.3) is 10.8 Å². The molecule has 0 aliphatic carbocycles. The Morgan fingerprint density at radius 2 is 1.78 bits per heavy atom. The largest absolute Gasteiger partial charge is 0.303 e. The molecule has 3 nitrogen and oxygen atoms in total. The smallest absolute Gasteiger partial charge is 0.0587 e. The molecule has 0 amide bonds. The van der Waals surface area contributed by atoms with Gasteiger partial charge in [0.2, 0.25) is 0 Å². The van der Waals surface area contributed by atoms with E-state index in [1.54, 1.807) is 0 Å². The predicted octanol–water partition coefficient (Wildman–Crippen LogP) is 2.13. The Bertz CT molecular complexity index is 520. The van der Waals surface area contributed by atoms with E-state index in [0.717, 1.165) is 6.54 Å². The Labute approximate surface area is 108 Å². The van der Waals surface area contributed by atoms with Crippen LogP contribution in [0.2, 0.25) is 0 Å². The molecule has 0 fully saturated rings. The predicted molar refractivity (Wildman–Crippen MR) is 77.2 cm³/mol. The molecule has 0 heterocycles. The fourth-order valence-electron chi connectivity index (χ4n) is 2.16. The number of nitrogens with two attached hydrogens (primary N) is 1. The zero-order valence-electron chi connectivity index (χ0n) is 11.0. The fraction of sp³-hybridized carbons (Fsp3) is 0.333. The summed E-state index contributed by atoms with van der Waals surface area (Å²) in [4.78, 5) is 0. The van der Waals surface area contributed by atoms with Crippen molar-refractivity contribution in [2.24, 2.45) is 5.84 Å². The number of rotatable bonds is 5. The van der Waals surface area contributed by atoms with Crippen LogP contribution in [0.15, 0.2) is 42.5 Å². The van der Waals surface area contributed by atoms with Crippen LogP contribution in [0.3, 0.4) is 0 Å². The molecule has 3 heteroatoms. The first-order valence-electron chi connectivity index (χ1n) is 6.27. The van der Waals surface area contributed by atoms with Crippen LogP contribution in [0.1, 0.15) is 19.4 Å². The summed E-state index contributed by atoms with van der Waals surface area (Å²) in [6.45, 7) is 5.98. The molecule has 0 unspecified atom stereocenters. The molecule has 96 valence electrons. The number of fused-ring (bicyclic) bond motifs is 1. The zero-order chi connectivity index (χ0) is 13.0. The molecule has 0 saturated heterocycles. The van der Waals surface area contributed by atoms with Gasteiger partial charge in [0, 0.05) is 12.0 Å². The van der Waals surface area contributed by atoms with E-state index in [1.807, 2.05) is 0 Å². The lowest BCUT2D eigenvalue weighted by Gasteiger charge is -2.26. The highest BCUT2D eigenvalue weighted by Gasteiger charge is 2.20. The van der Waals surface area contributed by atoms with Gasteiger partial charge in [0.05, 0.1) is 6.67 Å². The minimum atomic E-state index is 0.0842. The van der Waals surface area contributed by atoms with Crippen molar-refractivity contribution in [3.63, 3.8) is 0 Å².